The van der Waals surface area contributed by atoms with E-state index >= 15 is 0 Å². The van der Waals surface area contributed by atoms with Crippen LogP contribution in [-0.4, -0.2) is 31.5 Å². The van der Waals surface area contributed by atoms with Gasteiger partial charge in [0.1, 0.15) is 0 Å². The first-order valence-electron chi connectivity index (χ1n) is 4.59. The molecule has 0 aliphatic heterocycles. The first-order chi connectivity index (χ1) is 7.05. The van der Waals surface area contributed by atoms with Crippen LogP contribution in [0.1, 0.15) is 6.92 Å². The third kappa shape index (κ3) is 4.17. The van der Waals surface area contributed by atoms with Gasteiger partial charge in [-0.1, -0.05) is 6.92 Å². The molecule has 6 heteroatoms. The Bertz CT molecular complexity index is 420. The quantitative estimate of drug-likeness (QED) is 0.897. The Labute approximate surface area is 98.2 Å². The number of pyridine rings is 1. The average Bonchev–Trinajstić information content (AvgIpc) is 2.21. The van der Waals surface area contributed by atoms with Crippen LogP contribution < -0.4 is 5.32 Å². The molecular weight excluding hydrogens is 280 g/mol. The van der Waals surface area contributed by atoms with Crippen LogP contribution in [0.4, 0.5) is 5.69 Å². The molecule has 0 aliphatic rings. The second-order valence-corrected chi connectivity index (χ2v) is 6.35. The fourth-order valence-corrected chi connectivity index (χ4v) is 2.10. The number of hydrogen-bond acceptors (Lipinski definition) is 4. The summed E-state index contributed by atoms with van der Waals surface area (Å²) in [5.74, 6) is 0.338. The Morgan fingerprint density at radius 2 is 2.27 bits per heavy atom. The van der Waals surface area contributed by atoms with Crippen molar-refractivity contribution in [3.05, 3.63) is 22.9 Å². The number of anilines is 1. The van der Waals surface area contributed by atoms with Gasteiger partial charge in [-0.15, -0.1) is 0 Å². The Balaban J connectivity index is 2.49. The molecule has 1 rings (SSSR count). The number of sulfone groups is 1. The summed E-state index contributed by atoms with van der Waals surface area (Å²) in [4.78, 5) is 3.91. The van der Waals surface area contributed by atoms with Crippen LogP contribution in [0.5, 0.6) is 0 Å². The van der Waals surface area contributed by atoms with Gasteiger partial charge in [0.2, 0.25) is 0 Å². The lowest BCUT2D eigenvalue weighted by molar-refractivity contribution is 0.597. The topological polar surface area (TPSA) is 59.1 Å². The molecule has 0 amide bonds. The van der Waals surface area contributed by atoms with Crippen molar-refractivity contribution in [3.8, 4) is 0 Å². The molecule has 0 aromatic carbocycles. The third-order valence-electron chi connectivity index (χ3n) is 1.94. The maximum atomic E-state index is 11.2. The first kappa shape index (κ1) is 12.4. The van der Waals surface area contributed by atoms with Crippen LogP contribution >= 0.6 is 15.9 Å². The molecule has 0 unspecified atom stereocenters. The molecule has 0 spiro atoms. The number of halogens is 1. The number of nitrogens with zero attached hydrogens (tertiary/aromatic N) is 1. The number of rotatable bonds is 5. The predicted octanol–water partition coefficient (Wildman–Crippen LogP) is 1.69. The largest absolute Gasteiger partial charge is 0.383 e. The van der Waals surface area contributed by atoms with Crippen molar-refractivity contribution in [1.82, 2.24) is 4.98 Å². The van der Waals surface area contributed by atoms with E-state index < -0.39 is 9.84 Å². The Morgan fingerprint density at radius 1 is 1.53 bits per heavy atom. The Kier molecular flexibility index (Phi) is 4.53. The van der Waals surface area contributed by atoms with Crippen molar-refractivity contribution < 1.29 is 8.42 Å². The molecule has 1 aromatic heterocycles. The minimum Gasteiger partial charge on any atom is -0.383 e. The predicted molar refractivity (Wildman–Crippen MR) is 64.8 cm³/mol. The third-order valence-corrected chi connectivity index (χ3v) is 4.28. The highest BCUT2D eigenvalue weighted by molar-refractivity contribution is 9.10. The maximum absolute atomic E-state index is 11.2. The molecule has 1 N–H and O–H groups in total. The van der Waals surface area contributed by atoms with Crippen molar-refractivity contribution in [2.75, 3.05) is 23.4 Å². The summed E-state index contributed by atoms with van der Waals surface area (Å²) in [5.41, 5.74) is 0.858. The van der Waals surface area contributed by atoms with E-state index in [1.54, 1.807) is 25.4 Å². The summed E-state index contributed by atoms with van der Waals surface area (Å²) < 4.78 is 23.3. The fraction of sp³-hybridized carbons (Fsp3) is 0.444. The smallest absolute Gasteiger partial charge is 0.151 e. The van der Waals surface area contributed by atoms with Crippen molar-refractivity contribution >= 4 is 31.5 Å². The summed E-state index contributed by atoms with van der Waals surface area (Å²) >= 11 is 3.32. The maximum Gasteiger partial charge on any atom is 0.151 e. The summed E-state index contributed by atoms with van der Waals surface area (Å²) in [7, 11) is -2.90. The lowest BCUT2D eigenvalue weighted by Gasteiger charge is -2.07. The second kappa shape index (κ2) is 5.46. The van der Waals surface area contributed by atoms with Gasteiger partial charge >= 0.3 is 0 Å². The number of nitrogens with one attached hydrogen (secondary N) is 1. The average molecular weight is 293 g/mol. The number of hydrogen-bond donors (Lipinski definition) is 1. The van der Waals surface area contributed by atoms with E-state index in [2.05, 4.69) is 26.2 Å². The molecule has 1 aromatic rings. The van der Waals surface area contributed by atoms with E-state index in [4.69, 9.17) is 0 Å². The van der Waals surface area contributed by atoms with E-state index in [1.165, 1.54) is 0 Å². The van der Waals surface area contributed by atoms with Crippen LogP contribution in [0.25, 0.3) is 0 Å². The van der Waals surface area contributed by atoms with Crippen molar-refractivity contribution in [3.63, 3.8) is 0 Å². The Hall–Kier alpha value is -0.620. The molecule has 4 nitrogen and oxygen atoms in total. The van der Waals surface area contributed by atoms with Crippen molar-refractivity contribution in [2.45, 2.75) is 6.92 Å². The number of aromatic nitrogens is 1. The zero-order chi connectivity index (χ0) is 11.3. The minimum absolute atomic E-state index is 0.151. The van der Waals surface area contributed by atoms with Crippen LogP contribution in [-0.2, 0) is 9.84 Å². The van der Waals surface area contributed by atoms with Gasteiger partial charge < -0.3 is 5.32 Å². The lowest BCUT2D eigenvalue weighted by Crippen LogP contribution is -2.17. The highest BCUT2D eigenvalue weighted by Crippen LogP contribution is 2.19. The van der Waals surface area contributed by atoms with Crippen LogP contribution in [0, 0.1) is 0 Å². The van der Waals surface area contributed by atoms with Gasteiger partial charge in [-0.05, 0) is 22.0 Å². The van der Waals surface area contributed by atoms with E-state index in [-0.39, 0.29) is 11.5 Å². The second-order valence-electron chi connectivity index (χ2n) is 3.02. The van der Waals surface area contributed by atoms with Gasteiger partial charge in [0.25, 0.3) is 0 Å². The zero-order valence-electron chi connectivity index (χ0n) is 8.40. The van der Waals surface area contributed by atoms with E-state index in [1.807, 2.05) is 0 Å². The summed E-state index contributed by atoms with van der Waals surface area (Å²) in [6, 6.07) is 1.79. The first-order valence-corrected chi connectivity index (χ1v) is 7.20. The zero-order valence-corrected chi connectivity index (χ0v) is 10.8. The molecule has 0 saturated carbocycles. The molecule has 0 aliphatic carbocycles. The Morgan fingerprint density at radius 3 is 2.87 bits per heavy atom. The monoisotopic (exact) mass is 292 g/mol. The normalized spacial score (nSPS) is 11.3. The molecule has 84 valence electrons. The summed E-state index contributed by atoms with van der Waals surface area (Å²) in [6.45, 7) is 2.07. The lowest BCUT2D eigenvalue weighted by atomic mass is 10.4. The molecule has 0 radical (unpaired) electrons. The standard InChI is InChI=1S/C9H13BrN2O2S/c1-2-15(13,14)6-5-12-9-3-4-11-7-8(9)10/h3-4,7H,2,5-6H2,1H3,(H,11,12). The van der Waals surface area contributed by atoms with E-state index in [0.717, 1.165) is 10.2 Å². The van der Waals surface area contributed by atoms with Crippen LogP contribution in [0.2, 0.25) is 0 Å². The van der Waals surface area contributed by atoms with E-state index in [9.17, 15) is 8.42 Å². The SMILES string of the molecule is CCS(=O)(=O)CCNc1ccncc1Br. The van der Waals surface area contributed by atoms with Gasteiger partial charge in [-0.2, -0.15) is 0 Å². The minimum atomic E-state index is -2.90. The van der Waals surface area contributed by atoms with Crippen LogP contribution in [0.15, 0.2) is 22.9 Å². The molecule has 0 saturated heterocycles. The van der Waals surface area contributed by atoms with Gasteiger partial charge in [0.15, 0.2) is 9.84 Å². The highest BCUT2D eigenvalue weighted by Gasteiger charge is 2.06. The molecule has 0 atom stereocenters. The van der Waals surface area contributed by atoms with Crippen molar-refractivity contribution in [2.24, 2.45) is 0 Å². The van der Waals surface area contributed by atoms with E-state index in [0.29, 0.717) is 6.54 Å². The van der Waals surface area contributed by atoms with Gasteiger partial charge in [-0.25, -0.2) is 8.42 Å². The summed E-state index contributed by atoms with van der Waals surface area (Å²) in [5, 5.41) is 3.04. The van der Waals surface area contributed by atoms with Gasteiger partial charge in [0, 0.05) is 24.7 Å². The molecule has 0 bridgehead atoms. The highest BCUT2D eigenvalue weighted by atomic mass is 79.9. The van der Waals surface area contributed by atoms with Gasteiger partial charge in [0.05, 0.1) is 15.9 Å². The van der Waals surface area contributed by atoms with Crippen LogP contribution in [0.3, 0.4) is 0 Å². The molecule has 1 heterocycles. The van der Waals surface area contributed by atoms with Crippen molar-refractivity contribution in [1.29, 1.82) is 0 Å². The van der Waals surface area contributed by atoms with Gasteiger partial charge in [-0.3, -0.25) is 4.98 Å². The molecule has 0 fully saturated rings. The molecule has 15 heavy (non-hydrogen) atoms. The summed E-state index contributed by atoms with van der Waals surface area (Å²) in [6.07, 6.45) is 3.32. The fourth-order valence-electron chi connectivity index (χ4n) is 1.00. The molecular formula is C9H13BrN2O2S.